The molecule has 1 aromatic carbocycles. The van der Waals surface area contributed by atoms with Crippen LogP contribution in [-0.4, -0.2) is 12.1 Å². The fraction of sp³-hybridized carbons (Fsp3) is 0. The van der Waals surface area contributed by atoms with Crippen molar-refractivity contribution in [3.8, 4) is 0 Å². The van der Waals surface area contributed by atoms with Crippen molar-refractivity contribution in [2.24, 2.45) is 0 Å². The molecule has 0 radical (unpaired) electrons. The van der Waals surface area contributed by atoms with Gasteiger partial charge in [0.25, 0.3) is 0 Å². The van der Waals surface area contributed by atoms with Gasteiger partial charge in [-0.25, -0.2) is 8.78 Å². The zero-order valence-corrected chi connectivity index (χ0v) is 6.94. The summed E-state index contributed by atoms with van der Waals surface area (Å²) in [4.78, 5) is 20.8. The maximum absolute atomic E-state index is 12.6. The maximum atomic E-state index is 12.6. The van der Waals surface area contributed by atoms with Gasteiger partial charge >= 0.3 is 0 Å². The first kappa shape index (κ1) is 9.80. The van der Waals surface area contributed by atoms with E-state index in [9.17, 15) is 18.4 Å². The minimum absolute atomic E-state index is 0.0153. The third-order valence-corrected chi connectivity index (χ3v) is 1.70. The van der Waals surface area contributed by atoms with E-state index in [-0.39, 0.29) is 16.9 Å². The standard InChI is InChI=1S/C8H3ClF2O2/c9-5-2-7(11)6(10)1-4(5)8(13)3-12/h1-3H. The Morgan fingerprint density at radius 2 is 1.85 bits per heavy atom. The number of ketones is 1. The van der Waals surface area contributed by atoms with Crippen LogP contribution in [0.25, 0.3) is 0 Å². The van der Waals surface area contributed by atoms with Crippen LogP contribution in [0.1, 0.15) is 10.4 Å². The van der Waals surface area contributed by atoms with E-state index in [4.69, 9.17) is 11.6 Å². The predicted molar refractivity (Wildman–Crippen MR) is 41.8 cm³/mol. The highest BCUT2D eigenvalue weighted by Crippen LogP contribution is 2.19. The first-order valence-corrected chi connectivity index (χ1v) is 3.58. The monoisotopic (exact) mass is 204 g/mol. The Labute approximate surface area is 77.1 Å². The Morgan fingerprint density at radius 3 is 2.38 bits per heavy atom. The highest BCUT2D eigenvalue weighted by molar-refractivity contribution is 6.41. The van der Waals surface area contributed by atoms with Gasteiger partial charge in [-0.05, 0) is 12.1 Å². The number of rotatable bonds is 2. The molecule has 0 spiro atoms. The Morgan fingerprint density at radius 1 is 1.31 bits per heavy atom. The molecule has 0 N–H and O–H groups in total. The lowest BCUT2D eigenvalue weighted by Crippen LogP contribution is -2.02. The topological polar surface area (TPSA) is 34.1 Å². The van der Waals surface area contributed by atoms with Crippen molar-refractivity contribution in [2.75, 3.05) is 0 Å². The molecule has 0 aliphatic heterocycles. The molecule has 0 atom stereocenters. The first-order valence-electron chi connectivity index (χ1n) is 3.20. The van der Waals surface area contributed by atoms with Crippen molar-refractivity contribution in [2.45, 2.75) is 0 Å². The summed E-state index contributed by atoms with van der Waals surface area (Å²) in [7, 11) is 0. The number of carbonyl (C=O) groups is 2. The van der Waals surface area contributed by atoms with Crippen LogP contribution in [0, 0.1) is 11.6 Å². The summed E-state index contributed by atoms with van der Waals surface area (Å²) in [5.41, 5.74) is -0.337. The molecule has 0 aliphatic rings. The largest absolute Gasteiger partial charge is 0.294 e. The van der Waals surface area contributed by atoms with Crippen LogP contribution in [0.2, 0.25) is 5.02 Å². The third kappa shape index (κ3) is 1.89. The van der Waals surface area contributed by atoms with Gasteiger partial charge in [0.1, 0.15) is 0 Å². The molecule has 0 aliphatic carbocycles. The number of hydrogen-bond acceptors (Lipinski definition) is 2. The van der Waals surface area contributed by atoms with Gasteiger partial charge in [-0.1, -0.05) is 11.6 Å². The highest BCUT2D eigenvalue weighted by atomic mass is 35.5. The maximum Gasteiger partial charge on any atom is 0.226 e. The number of aldehydes is 1. The molecule has 0 saturated heterocycles. The van der Waals surface area contributed by atoms with Crippen LogP contribution in [0.4, 0.5) is 8.78 Å². The first-order chi connectivity index (χ1) is 6.06. The third-order valence-electron chi connectivity index (χ3n) is 1.38. The molecule has 0 fully saturated rings. The minimum atomic E-state index is -1.21. The van der Waals surface area contributed by atoms with E-state index >= 15 is 0 Å². The van der Waals surface area contributed by atoms with E-state index in [0.717, 1.165) is 0 Å². The molecular formula is C8H3ClF2O2. The van der Waals surface area contributed by atoms with E-state index in [0.29, 0.717) is 12.1 Å². The van der Waals surface area contributed by atoms with E-state index in [1.165, 1.54) is 0 Å². The number of carbonyl (C=O) groups excluding carboxylic acids is 2. The molecule has 0 amide bonds. The lowest BCUT2D eigenvalue weighted by molar-refractivity contribution is -0.104. The number of halogens is 3. The Balaban J connectivity index is 3.31. The summed E-state index contributed by atoms with van der Waals surface area (Å²) >= 11 is 5.39. The Hall–Kier alpha value is -1.29. The molecule has 0 saturated carbocycles. The lowest BCUT2D eigenvalue weighted by atomic mass is 10.1. The van der Waals surface area contributed by atoms with Gasteiger partial charge in [0, 0.05) is 5.56 Å². The fourth-order valence-corrected chi connectivity index (χ4v) is 1.02. The van der Waals surface area contributed by atoms with E-state index in [1.807, 2.05) is 0 Å². The molecule has 68 valence electrons. The van der Waals surface area contributed by atoms with Crippen molar-refractivity contribution in [1.29, 1.82) is 0 Å². The predicted octanol–water partition coefficient (Wildman–Crippen LogP) is 2.00. The molecule has 0 heterocycles. The van der Waals surface area contributed by atoms with Crippen LogP contribution in [-0.2, 0) is 4.79 Å². The molecule has 13 heavy (non-hydrogen) atoms. The van der Waals surface area contributed by atoms with Crippen molar-refractivity contribution in [3.63, 3.8) is 0 Å². The second-order valence-electron chi connectivity index (χ2n) is 2.23. The Kier molecular flexibility index (Phi) is 2.72. The van der Waals surface area contributed by atoms with Gasteiger partial charge in [-0.3, -0.25) is 9.59 Å². The number of hydrogen-bond donors (Lipinski definition) is 0. The summed E-state index contributed by atoms with van der Waals surface area (Å²) in [5, 5.41) is -0.281. The van der Waals surface area contributed by atoms with Gasteiger partial charge in [-0.15, -0.1) is 0 Å². The summed E-state index contributed by atoms with van der Waals surface area (Å²) < 4.78 is 25.0. The van der Waals surface area contributed by atoms with E-state index in [1.54, 1.807) is 0 Å². The second-order valence-corrected chi connectivity index (χ2v) is 2.64. The van der Waals surface area contributed by atoms with Crippen molar-refractivity contribution >= 4 is 23.7 Å². The van der Waals surface area contributed by atoms with Crippen LogP contribution in [0.15, 0.2) is 12.1 Å². The summed E-state index contributed by atoms with van der Waals surface area (Å²) in [5.74, 6) is -3.36. The molecule has 0 unspecified atom stereocenters. The molecule has 0 aromatic heterocycles. The zero-order valence-electron chi connectivity index (χ0n) is 6.18. The number of benzene rings is 1. The minimum Gasteiger partial charge on any atom is -0.294 e. The van der Waals surface area contributed by atoms with Crippen molar-refractivity contribution in [1.82, 2.24) is 0 Å². The average molecular weight is 205 g/mol. The molecule has 1 rings (SSSR count). The smallest absolute Gasteiger partial charge is 0.226 e. The van der Waals surface area contributed by atoms with Gasteiger partial charge in [-0.2, -0.15) is 0 Å². The highest BCUT2D eigenvalue weighted by Gasteiger charge is 2.13. The van der Waals surface area contributed by atoms with Gasteiger partial charge in [0.05, 0.1) is 5.02 Å². The molecule has 1 aromatic rings. The molecule has 2 nitrogen and oxygen atoms in total. The molecular weight excluding hydrogens is 202 g/mol. The quantitative estimate of drug-likeness (QED) is 0.320. The van der Waals surface area contributed by atoms with E-state index in [2.05, 4.69) is 0 Å². The van der Waals surface area contributed by atoms with E-state index < -0.39 is 17.4 Å². The summed E-state index contributed by atoms with van der Waals surface area (Å²) in [6.45, 7) is 0. The van der Waals surface area contributed by atoms with Gasteiger partial charge < -0.3 is 0 Å². The van der Waals surface area contributed by atoms with Crippen LogP contribution >= 0.6 is 11.6 Å². The normalized spacial score (nSPS) is 9.77. The SMILES string of the molecule is O=CC(=O)c1cc(F)c(F)cc1Cl. The Bertz CT molecular complexity index is 377. The number of Topliss-reactive ketones (excluding diaryl/α,β-unsaturated/α-hetero) is 1. The fourth-order valence-electron chi connectivity index (χ4n) is 0.775. The molecule has 0 bridgehead atoms. The summed E-state index contributed by atoms with van der Waals surface area (Å²) in [6.07, 6.45) is -0.0153. The zero-order chi connectivity index (χ0) is 10.0. The van der Waals surface area contributed by atoms with Gasteiger partial charge in [0.2, 0.25) is 5.78 Å². The van der Waals surface area contributed by atoms with Crippen molar-refractivity contribution < 1.29 is 18.4 Å². The average Bonchev–Trinajstić information content (AvgIpc) is 2.10. The van der Waals surface area contributed by atoms with Crippen LogP contribution < -0.4 is 0 Å². The molecule has 5 heteroatoms. The van der Waals surface area contributed by atoms with Gasteiger partial charge in [0.15, 0.2) is 17.9 Å². The van der Waals surface area contributed by atoms with Crippen LogP contribution in [0.3, 0.4) is 0 Å². The lowest BCUT2D eigenvalue weighted by Gasteiger charge is -1.99. The second kappa shape index (κ2) is 3.62. The van der Waals surface area contributed by atoms with Crippen molar-refractivity contribution in [3.05, 3.63) is 34.4 Å². The summed E-state index contributed by atoms with van der Waals surface area (Å²) in [6, 6.07) is 1.24. The van der Waals surface area contributed by atoms with Crippen LogP contribution in [0.5, 0.6) is 0 Å².